The van der Waals surface area contributed by atoms with Crippen LogP contribution in [-0.2, 0) is 6.54 Å². The van der Waals surface area contributed by atoms with Gasteiger partial charge in [-0.05, 0) is 27.0 Å². The molecule has 84 valence electrons. The fraction of sp³-hybridized carbons (Fsp3) is 0.364. The van der Waals surface area contributed by atoms with E-state index in [1.54, 1.807) is 4.68 Å². The lowest BCUT2D eigenvalue weighted by atomic mass is 10.2. The molecular formula is C11H15N5. The van der Waals surface area contributed by atoms with Crippen molar-refractivity contribution in [2.45, 2.75) is 20.4 Å². The molecule has 1 N–H and O–H groups in total. The van der Waals surface area contributed by atoms with Crippen molar-refractivity contribution in [2.75, 3.05) is 7.05 Å². The number of aryl methyl sites for hydroxylation is 2. The molecule has 0 radical (unpaired) electrons. The monoisotopic (exact) mass is 217 g/mol. The molecule has 0 bridgehead atoms. The zero-order valence-electron chi connectivity index (χ0n) is 9.73. The summed E-state index contributed by atoms with van der Waals surface area (Å²) in [5, 5.41) is 7.36. The molecule has 0 aliphatic carbocycles. The van der Waals surface area contributed by atoms with Crippen LogP contribution in [0.1, 0.15) is 17.0 Å². The minimum atomic E-state index is 0.616. The summed E-state index contributed by atoms with van der Waals surface area (Å²) in [7, 11) is 1.91. The molecule has 2 aromatic heterocycles. The summed E-state index contributed by atoms with van der Waals surface area (Å²) in [6.07, 6.45) is 3.70. The highest BCUT2D eigenvalue weighted by Crippen LogP contribution is 2.07. The summed E-state index contributed by atoms with van der Waals surface area (Å²) in [4.78, 5) is 8.72. The fourth-order valence-corrected chi connectivity index (χ4v) is 1.48. The third-order valence-corrected chi connectivity index (χ3v) is 2.36. The second-order valence-electron chi connectivity index (χ2n) is 3.71. The molecule has 5 nitrogen and oxygen atoms in total. The summed E-state index contributed by atoms with van der Waals surface area (Å²) in [6, 6.07) is 1.93. The SMILES string of the molecule is CNCc1cnc(-n2ccc(C)n2)nc1C. The summed E-state index contributed by atoms with van der Waals surface area (Å²) in [5.41, 5.74) is 3.04. The standard InChI is InChI=1S/C11H15N5/c1-8-4-5-16(15-8)11-13-7-10(6-12-3)9(2)14-11/h4-5,7,12H,6H2,1-3H3. The van der Waals surface area contributed by atoms with Crippen molar-refractivity contribution in [1.82, 2.24) is 25.1 Å². The van der Waals surface area contributed by atoms with Gasteiger partial charge in [0.25, 0.3) is 5.95 Å². The van der Waals surface area contributed by atoms with Crippen LogP contribution >= 0.6 is 0 Å². The Balaban J connectivity index is 2.34. The molecule has 2 rings (SSSR count). The van der Waals surface area contributed by atoms with Crippen LogP contribution in [0.2, 0.25) is 0 Å². The third kappa shape index (κ3) is 2.09. The molecule has 0 unspecified atom stereocenters. The minimum absolute atomic E-state index is 0.616. The molecule has 0 saturated heterocycles. The quantitative estimate of drug-likeness (QED) is 0.833. The summed E-state index contributed by atoms with van der Waals surface area (Å²) < 4.78 is 1.69. The number of nitrogens with one attached hydrogen (secondary N) is 1. The molecule has 0 aliphatic rings. The van der Waals surface area contributed by atoms with E-state index in [4.69, 9.17) is 0 Å². The zero-order chi connectivity index (χ0) is 11.5. The van der Waals surface area contributed by atoms with E-state index in [9.17, 15) is 0 Å². The average molecular weight is 217 g/mol. The van der Waals surface area contributed by atoms with Crippen LogP contribution in [0.25, 0.3) is 5.95 Å². The lowest BCUT2D eigenvalue weighted by molar-refractivity contribution is 0.759. The first kappa shape index (κ1) is 10.8. The van der Waals surface area contributed by atoms with Gasteiger partial charge in [-0.25, -0.2) is 14.6 Å². The van der Waals surface area contributed by atoms with Crippen LogP contribution in [0.15, 0.2) is 18.5 Å². The van der Waals surface area contributed by atoms with Crippen molar-refractivity contribution < 1.29 is 0 Å². The summed E-state index contributed by atoms with van der Waals surface area (Å²) in [6.45, 7) is 4.71. The van der Waals surface area contributed by atoms with Crippen molar-refractivity contribution in [3.05, 3.63) is 35.4 Å². The Bertz CT molecular complexity index is 489. The first-order chi connectivity index (χ1) is 7.70. The van der Waals surface area contributed by atoms with Crippen molar-refractivity contribution in [3.63, 3.8) is 0 Å². The van der Waals surface area contributed by atoms with Crippen molar-refractivity contribution in [2.24, 2.45) is 0 Å². The van der Waals surface area contributed by atoms with E-state index in [1.807, 2.05) is 39.4 Å². The smallest absolute Gasteiger partial charge is 0.250 e. The molecule has 0 aliphatic heterocycles. The molecule has 0 atom stereocenters. The van der Waals surface area contributed by atoms with Crippen LogP contribution in [0.5, 0.6) is 0 Å². The van der Waals surface area contributed by atoms with E-state index in [-0.39, 0.29) is 0 Å². The highest BCUT2D eigenvalue weighted by Gasteiger charge is 2.05. The van der Waals surface area contributed by atoms with Gasteiger partial charge < -0.3 is 5.32 Å². The molecular weight excluding hydrogens is 202 g/mol. The van der Waals surface area contributed by atoms with Gasteiger partial charge in [0.05, 0.1) is 5.69 Å². The molecule has 0 fully saturated rings. The Morgan fingerprint density at radius 1 is 1.38 bits per heavy atom. The largest absolute Gasteiger partial charge is 0.316 e. The highest BCUT2D eigenvalue weighted by molar-refractivity contribution is 5.21. The predicted molar refractivity (Wildman–Crippen MR) is 61.4 cm³/mol. The van der Waals surface area contributed by atoms with Gasteiger partial charge in [0.2, 0.25) is 0 Å². The number of nitrogens with zero attached hydrogens (tertiary/aromatic N) is 4. The number of rotatable bonds is 3. The van der Waals surface area contributed by atoms with Gasteiger partial charge in [0.1, 0.15) is 0 Å². The van der Waals surface area contributed by atoms with E-state index < -0.39 is 0 Å². The molecule has 16 heavy (non-hydrogen) atoms. The maximum absolute atomic E-state index is 4.42. The lowest BCUT2D eigenvalue weighted by Crippen LogP contribution is -2.10. The van der Waals surface area contributed by atoms with E-state index in [0.717, 1.165) is 23.5 Å². The van der Waals surface area contributed by atoms with Crippen LogP contribution in [0.3, 0.4) is 0 Å². The average Bonchev–Trinajstić information content (AvgIpc) is 2.68. The molecule has 5 heteroatoms. The van der Waals surface area contributed by atoms with Gasteiger partial charge >= 0.3 is 0 Å². The van der Waals surface area contributed by atoms with E-state index >= 15 is 0 Å². The van der Waals surface area contributed by atoms with E-state index in [2.05, 4.69) is 20.4 Å². The Hall–Kier alpha value is -1.75. The molecule has 2 aromatic rings. The fourth-order valence-electron chi connectivity index (χ4n) is 1.48. The lowest BCUT2D eigenvalue weighted by Gasteiger charge is -2.05. The first-order valence-electron chi connectivity index (χ1n) is 5.20. The first-order valence-corrected chi connectivity index (χ1v) is 5.20. The van der Waals surface area contributed by atoms with Crippen LogP contribution in [0, 0.1) is 13.8 Å². The Morgan fingerprint density at radius 3 is 2.75 bits per heavy atom. The number of hydrogen-bond donors (Lipinski definition) is 1. The summed E-state index contributed by atoms with van der Waals surface area (Å²) in [5.74, 6) is 0.616. The molecule has 0 aromatic carbocycles. The van der Waals surface area contributed by atoms with Gasteiger partial charge in [0, 0.05) is 30.2 Å². The Labute approximate surface area is 94.5 Å². The van der Waals surface area contributed by atoms with E-state index in [0.29, 0.717) is 5.95 Å². The van der Waals surface area contributed by atoms with Crippen LogP contribution in [-0.4, -0.2) is 26.8 Å². The second-order valence-corrected chi connectivity index (χ2v) is 3.71. The van der Waals surface area contributed by atoms with Crippen molar-refractivity contribution in [3.8, 4) is 5.95 Å². The normalized spacial score (nSPS) is 10.7. The van der Waals surface area contributed by atoms with Crippen LogP contribution in [0.4, 0.5) is 0 Å². The second kappa shape index (κ2) is 4.40. The van der Waals surface area contributed by atoms with Gasteiger partial charge in [-0.15, -0.1) is 0 Å². The highest BCUT2D eigenvalue weighted by atomic mass is 15.3. The Morgan fingerprint density at radius 2 is 2.19 bits per heavy atom. The molecule has 0 saturated carbocycles. The Kier molecular flexibility index (Phi) is 2.96. The van der Waals surface area contributed by atoms with Gasteiger partial charge in [-0.3, -0.25) is 0 Å². The van der Waals surface area contributed by atoms with Gasteiger partial charge in [-0.1, -0.05) is 0 Å². The molecule has 0 spiro atoms. The predicted octanol–water partition coefficient (Wildman–Crippen LogP) is 0.999. The zero-order valence-corrected chi connectivity index (χ0v) is 9.73. The van der Waals surface area contributed by atoms with Gasteiger partial charge in [0.15, 0.2) is 0 Å². The number of hydrogen-bond acceptors (Lipinski definition) is 4. The van der Waals surface area contributed by atoms with Crippen LogP contribution < -0.4 is 5.32 Å². The maximum Gasteiger partial charge on any atom is 0.250 e. The molecule has 2 heterocycles. The third-order valence-electron chi connectivity index (χ3n) is 2.36. The van der Waals surface area contributed by atoms with Gasteiger partial charge in [-0.2, -0.15) is 5.10 Å². The van der Waals surface area contributed by atoms with Crippen molar-refractivity contribution in [1.29, 1.82) is 0 Å². The summed E-state index contributed by atoms with van der Waals surface area (Å²) >= 11 is 0. The van der Waals surface area contributed by atoms with Crippen molar-refractivity contribution >= 4 is 0 Å². The minimum Gasteiger partial charge on any atom is -0.316 e. The maximum atomic E-state index is 4.42. The number of aromatic nitrogens is 4. The topological polar surface area (TPSA) is 55.6 Å². The molecule has 0 amide bonds. The van der Waals surface area contributed by atoms with E-state index in [1.165, 1.54) is 0 Å².